The summed E-state index contributed by atoms with van der Waals surface area (Å²) in [6.45, 7) is 12.9. The summed E-state index contributed by atoms with van der Waals surface area (Å²) in [5.41, 5.74) is 7.29. The third-order valence-electron chi connectivity index (χ3n) is 11.5. The number of unbranched alkanes of at least 4 members (excludes halogenated alkanes) is 2. The lowest BCUT2D eigenvalue weighted by atomic mass is 10.0. The number of hydrogen-bond donors (Lipinski definition) is 9. The van der Waals surface area contributed by atoms with Crippen LogP contribution in [0.4, 0.5) is 11.4 Å². The number of H-pyrrole nitrogens is 2. The van der Waals surface area contributed by atoms with E-state index >= 15 is 0 Å². The summed E-state index contributed by atoms with van der Waals surface area (Å²) in [4.78, 5) is 67.1. The summed E-state index contributed by atoms with van der Waals surface area (Å²) in [5.74, 6) is 0.145. The molecule has 4 heterocycles. The lowest BCUT2D eigenvalue weighted by Crippen LogP contribution is -2.31. The van der Waals surface area contributed by atoms with Gasteiger partial charge in [0.2, 0.25) is 11.8 Å². The van der Waals surface area contributed by atoms with Gasteiger partial charge in [-0.05, 0) is 132 Å². The van der Waals surface area contributed by atoms with E-state index in [0.29, 0.717) is 99.6 Å². The third kappa shape index (κ3) is 11.9. The lowest BCUT2D eigenvalue weighted by Gasteiger charge is -2.21. The molecule has 0 saturated carbocycles. The number of carbonyl (C=O) groups is 4. The van der Waals surface area contributed by atoms with Crippen LogP contribution < -0.4 is 26.6 Å². The fourth-order valence-corrected chi connectivity index (χ4v) is 7.82. The monoisotopic (exact) mass is 938 g/mol. The zero-order chi connectivity index (χ0) is 49.4. The average molecular weight is 939 g/mol. The molecule has 4 aromatic carbocycles. The first kappa shape index (κ1) is 49.3. The molecule has 17 nitrogen and oxygen atoms in total. The second-order valence-corrected chi connectivity index (χ2v) is 18.3. The maximum Gasteiger partial charge on any atom is 0.338 e. The highest BCUT2D eigenvalue weighted by atomic mass is 16.6. The Hall–Kier alpha value is -7.66. The number of nitrogens with zero attached hydrogens (tertiary/aromatic N) is 3. The van der Waals surface area contributed by atoms with Gasteiger partial charge >= 0.3 is 5.97 Å². The Kier molecular flexibility index (Phi) is 15.4. The Morgan fingerprint density at radius 2 is 1.04 bits per heavy atom. The van der Waals surface area contributed by atoms with Crippen LogP contribution in [0.3, 0.4) is 0 Å². The van der Waals surface area contributed by atoms with Crippen LogP contribution in [0.5, 0.6) is 11.8 Å². The largest absolute Gasteiger partial charge is 0.494 e. The predicted octanol–water partition coefficient (Wildman–Crippen LogP) is 7.80. The minimum absolute atomic E-state index is 0.0184. The molecule has 0 aliphatic carbocycles. The SMILES string of the molecule is CCCCNC(=O)c1ccc2[nH]c(O)c(C3=NCc4cc(C(=O)NCCN(C)C)ccc4N3)c2c1.CCCCNC(=O)c1ccc2[nH]c(O)c(C3=NCc4cc(C(=O)OC(C)(C)C)ccc4N3)c2c1. The summed E-state index contributed by atoms with van der Waals surface area (Å²) in [6, 6.07) is 21.3. The van der Waals surface area contributed by atoms with Crippen LogP contribution >= 0.6 is 0 Å². The van der Waals surface area contributed by atoms with E-state index in [9.17, 15) is 29.4 Å². The van der Waals surface area contributed by atoms with Crippen LogP contribution in [0.15, 0.2) is 82.8 Å². The predicted molar refractivity (Wildman–Crippen MR) is 271 cm³/mol. The molecule has 2 aliphatic rings. The van der Waals surface area contributed by atoms with Gasteiger partial charge < -0.3 is 56.4 Å². The first-order valence-electron chi connectivity index (χ1n) is 23.3. The molecule has 0 fully saturated rings. The Balaban J connectivity index is 0.000000204. The maximum atomic E-state index is 12.5. The minimum atomic E-state index is -0.574. The molecule has 69 heavy (non-hydrogen) atoms. The molecule has 362 valence electrons. The quantitative estimate of drug-likeness (QED) is 0.0358. The number of hydrogen-bond acceptors (Lipinski definition) is 12. The fourth-order valence-electron chi connectivity index (χ4n) is 7.82. The lowest BCUT2D eigenvalue weighted by molar-refractivity contribution is 0.00690. The number of amidine groups is 2. The molecule has 2 aliphatic heterocycles. The highest BCUT2D eigenvalue weighted by molar-refractivity contribution is 6.20. The van der Waals surface area contributed by atoms with E-state index in [2.05, 4.69) is 60.4 Å². The van der Waals surface area contributed by atoms with Crippen LogP contribution in [-0.2, 0) is 17.8 Å². The summed E-state index contributed by atoms with van der Waals surface area (Å²) in [7, 11) is 3.92. The molecule has 0 radical (unpaired) electrons. The molecule has 8 rings (SSSR count). The Labute approximate surface area is 401 Å². The molecular formula is C52H62N10O7. The number of aromatic nitrogens is 2. The number of nitrogens with one attached hydrogen (secondary N) is 7. The molecule has 0 atom stereocenters. The van der Waals surface area contributed by atoms with Crippen LogP contribution in [0.1, 0.15) is 124 Å². The van der Waals surface area contributed by atoms with Crippen molar-refractivity contribution in [2.45, 2.75) is 79.0 Å². The van der Waals surface area contributed by atoms with Gasteiger partial charge in [0.1, 0.15) is 17.3 Å². The molecule has 0 saturated heterocycles. The Morgan fingerprint density at radius 1 is 0.623 bits per heavy atom. The van der Waals surface area contributed by atoms with E-state index in [1.807, 2.05) is 58.0 Å². The van der Waals surface area contributed by atoms with Crippen molar-refractivity contribution in [1.82, 2.24) is 30.8 Å². The third-order valence-corrected chi connectivity index (χ3v) is 11.5. The van der Waals surface area contributed by atoms with E-state index in [-0.39, 0.29) is 35.5 Å². The van der Waals surface area contributed by atoms with Crippen LogP contribution in [0.2, 0.25) is 0 Å². The number of aliphatic imine (C=N–C) groups is 2. The van der Waals surface area contributed by atoms with Gasteiger partial charge in [0, 0.05) is 76.1 Å². The van der Waals surface area contributed by atoms with E-state index in [1.54, 1.807) is 54.6 Å². The number of amides is 3. The number of carbonyl (C=O) groups excluding carboxylic acids is 4. The van der Waals surface area contributed by atoms with Crippen molar-refractivity contribution in [3.63, 3.8) is 0 Å². The molecular weight excluding hydrogens is 877 g/mol. The Morgan fingerprint density at radius 3 is 1.49 bits per heavy atom. The first-order valence-corrected chi connectivity index (χ1v) is 23.3. The van der Waals surface area contributed by atoms with Gasteiger partial charge in [-0.1, -0.05) is 26.7 Å². The van der Waals surface area contributed by atoms with Crippen molar-refractivity contribution in [1.29, 1.82) is 0 Å². The number of benzene rings is 4. The molecule has 2 aromatic heterocycles. The number of anilines is 2. The van der Waals surface area contributed by atoms with E-state index < -0.39 is 5.60 Å². The highest BCUT2D eigenvalue weighted by Crippen LogP contribution is 2.34. The van der Waals surface area contributed by atoms with Crippen LogP contribution in [0, 0.1) is 0 Å². The molecule has 9 N–H and O–H groups in total. The van der Waals surface area contributed by atoms with Gasteiger partial charge in [-0.2, -0.15) is 0 Å². The van der Waals surface area contributed by atoms with Gasteiger partial charge in [-0.3, -0.25) is 24.4 Å². The van der Waals surface area contributed by atoms with Crippen molar-refractivity contribution in [3.05, 3.63) is 117 Å². The maximum absolute atomic E-state index is 12.5. The molecule has 6 aromatic rings. The van der Waals surface area contributed by atoms with Crippen molar-refractivity contribution in [3.8, 4) is 11.8 Å². The number of rotatable bonds is 15. The smallest absolute Gasteiger partial charge is 0.338 e. The molecule has 0 unspecified atom stereocenters. The molecule has 0 spiro atoms. The fraction of sp³-hybridized carbons (Fsp3) is 0.346. The highest BCUT2D eigenvalue weighted by Gasteiger charge is 2.25. The summed E-state index contributed by atoms with van der Waals surface area (Å²) in [6.07, 6.45) is 3.84. The number of aromatic hydroxyl groups is 2. The standard InChI is InChI=1S/C26H32N6O3.C26H30N4O4/c1-4-5-10-27-25(34)17-7-9-21-19(14-17)22(26(35)31-21)23-29-15-18-13-16(6-8-20(18)30-23)24(33)28-11-12-32(2)3;1-5-6-11-27-23(31)15-7-10-20-18(13-15)21(24(32)30-20)22-28-14-17-12-16(8-9-19(17)29-22)25(33)34-26(2,3)4/h6-9,13-14,31,35H,4-5,10-12,15H2,1-3H3,(H,27,34)(H,28,33)(H,29,30);7-10,12-13,30,32H,5-6,11,14H2,1-4H3,(H,27,31)(H,28,29). The zero-order valence-corrected chi connectivity index (χ0v) is 40.3. The van der Waals surface area contributed by atoms with Gasteiger partial charge in [0.25, 0.3) is 17.7 Å². The summed E-state index contributed by atoms with van der Waals surface area (Å²) < 4.78 is 5.46. The van der Waals surface area contributed by atoms with Gasteiger partial charge in [0.15, 0.2) is 0 Å². The first-order chi connectivity index (χ1) is 33.0. The number of likely N-dealkylation sites (N-methyl/N-ethyl adjacent to an activating group) is 1. The normalized spacial score (nSPS) is 12.9. The summed E-state index contributed by atoms with van der Waals surface area (Å²) in [5, 5.41) is 38.0. The van der Waals surface area contributed by atoms with Crippen molar-refractivity contribution in [2.75, 3.05) is 50.9 Å². The van der Waals surface area contributed by atoms with E-state index in [0.717, 1.165) is 54.7 Å². The van der Waals surface area contributed by atoms with Gasteiger partial charge in [-0.25, -0.2) is 4.79 Å². The Bertz CT molecular complexity index is 2960. The van der Waals surface area contributed by atoms with Crippen molar-refractivity contribution in [2.24, 2.45) is 9.98 Å². The van der Waals surface area contributed by atoms with Crippen molar-refractivity contribution >= 4 is 68.5 Å². The number of aromatic amines is 2. The van der Waals surface area contributed by atoms with Crippen LogP contribution in [-0.4, -0.2) is 106 Å². The molecule has 3 amide bonds. The van der Waals surface area contributed by atoms with Crippen molar-refractivity contribution < 1.29 is 34.1 Å². The van der Waals surface area contributed by atoms with Gasteiger partial charge in [-0.15, -0.1) is 0 Å². The second-order valence-electron chi connectivity index (χ2n) is 18.3. The minimum Gasteiger partial charge on any atom is -0.494 e. The van der Waals surface area contributed by atoms with Gasteiger partial charge in [0.05, 0.1) is 29.8 Å². The number of esters is 1. The number of fused-ring (bicyclic) bond motifs is 4. The van der Waals surface area contributed by atoms with E-state index in [1.165, 1.54) is 0 Å². The topological polar surface area (TPSA) is 238 Å². The second kappa shape index (κ2) is 21.5. The zero-order valence-electron chi connectivity index (χ0n) is 40.3. The van der Waals surface area contributed by atoms with E-state index in [4.69, 9.17) is 4.74 Å². The number of ether oxygens (including phenoxy) is 1. The average Bonchev–Trinajstić information content (AvgIpc) is 3.84. The summed E-state index contributed by atoms with van der Waals surface area (Å²) >= 11 is 0. The molecule has 17 heteroatoms. The van der Waals surface area contributed by atoms with Crippen LogP contribution in [0.25, 0.3) is 21.8 Å². The molecule has 0 bridgehead atoms.